The zero-order valence-corrected chi connectivity index (χ0v) is 32.8. The molecule has 0 aliphatic carbocycles. The van der Waals surface area contributed by atoms with Crippen molar-refractivity contribution in [2.24, 2.45) is 0 Å². The van der Waals surface area contributed by atoms with Crippen LogP contribution in [0.25, 0.3) is 0 Å². The van der Waals surface area contributed by atoms with E-state index < -0.39 is 7.60 Å². The first kappa shape index (κ1) is 41.2. The fourth-order valence-corrected chi connectivity index (χ4v) is 7.80. The van der Waals surface area contributed by atoms with E-state index in [4.69, 9.17) is 9.05 Å². The monoisotopic (exact) mass is 695 g/mol. The van der Waals surface area contributed by atoms with Crippen LogP contribution in [0.1, 0.15) is 144 Å². The van der Waals surface area contributed by atoms with Crippen molar-refractivity contribution in [1.29, 1.82) is 0 Å². The van der Waals surface area contributed by atoms with Crippen LogP contribution >= 0.6 is 7.60 Å². The van der Waals surface area contributed by atoms with Gasteiger partial charge in [-0.05, 0) is 100 Å². The minimum atomic E-state index is -3.36. The first-order chi connectivity index (χ1) is 24.3. The van der Waals surface area contributed by atoms with E-state index in [0.717, 1.165) is 46.5 Å². The molecular formula is C45H62NO3P. The standard InChI is InChI=1S/C45H62NO3P/c1-7-11-13-15-17-19-33-46(34-20-18-16-14-12-8-2)45-31-27-41(28-32-45)26-30-43-35-39(6)42(29-25-40-23-21-38(5)22-24-40)36-44(43)37-50(47,48-9-3)49-10-4/h21-24,27-28,31-32,35-36H,7-20,33-34,37H2,1-6H3. The van der Waals surface area contributed by atoms with Gasteiger partial charge in [-0.15, -0.1) is 0 Å². The summed E-state index contributed by atoms with van der Waals surface area (Å²) in [6.07, 6.45) is 15.8. The van der Waals surface area contributed by atoms with Gasteiger partial charge in [0.15, 0.2) is 0 Å². The molecule has 0 fully saturated rings. The number of aryl methyl sites for hydroxylation is 2. The van der Waals surface area contributed by atoms with Crippen molar-refractivity contribution < 1.29 is 13.6 Å². The summed E-state index contributed by atoms with van der Waals surface area (Å²) in [6.45, 7) is 15.2. The summed E-state index contributed by atoms with van der Waals surface area (Å²) in [5.74, 6) is 13.4. The molecule has 3 aromatic rings. The van der Waals surface area contributed by atoms with Crippen molar-refractivity contribution in [3.8, 4) is 23.7 Å². The van der Waals surface area contributed by atoms with E-state index in [0.29, 0.717) is 13.2 Å². The van der Waals surface area contributed by atoms with E-state index in [1.54, 1.807) is 0 Å². The van der Waals surface area contributed by atoms with Crippen LogP contribution in [0, 0.1) is 37.5 Å². The topological polar surface area (TPSA) is 38.8 Å². The average Bonchev–Trinajstić information content (AvgIpc) is 3.11. The predicted molar refractivity (Wildman–Crippen MR) is 214 cm³/mol. The molecule has 4 nitrogen and oxygen atoms in total. The maximum Gasteiger partial charge on any atom is 0.335 e. The normalized spacial score (nSPS) is 11.1. The van der Waals surface area contributed by atoms with E-state index >= 15 is 0 Å². The van der Waals surface area contributed by atoms with Gasteiger partial charge in [0, 0.05) is 41.0 Å². The lowest BCUT2D eigenvalue weighted by atomic mass is 9.99. The molecule has 0 heterocycles. The Morgan fingerprint density at radius 3 is 1.58 bits per heavy atom. The molecule has 0 saturated carbocycles. The molecule has 0 radical (unpaired) electrons. The Morgan fingerprint density at radius 2 is 1.06 bits per heavy atom. The van der Waals surface area contributed by atoms with Crippen LogP contribution in [0.3, 0.4) is 0 Å². The summed E-state index contributed by atoms with van der Waals surface area (Å²) < 4.78 is 25.0. The lowest BCUT2D eigenvalue weighted by molar-refractivity contribution is 0.219. The Balaban J connectivity index is 1.85. The van der Waals surface area contributed by atoms with Gasteiger partial charge in [0.1, 0.15) is 0 Å². The van der Waals surface area contributed by atoms with Crippen LogP contribution < -0.4 is 4.90 Å². The van der Waals surface area contributed by atoms with Crippen molar-refractivity contribution in [2.45, 2.75) is 125 Å². The molecule has 0 amide bonds. The Morgan fingerprint density at radius 1 is 0.580 bits per heavy atom. The molecule has 3 rings (SSSR count). The number of benzene rings is 3. The van der Waals surface area contributed by atoms with Crippen molar-refractivity contribution in [3.63, 3.8) is 0 Å². The molecule has 0 spiro atoms. The molecule has 0 aliphatic rings. The average molecular weight is 696 g/mol. The zero-order chi connectivity index (χ0) is 36.0. The molecule has 0 N–H and O–H groups in total. The second-order valence-corrected chi connectivity index (χ2v) is 15.4. The van der Waals surface area contributed by atoms with Crippen molar-refractivity contribution >= 4 is 13.3 Å². The van der Waals surface area contributed by atoms with Crippen LogP contribution in [0.5, 0.6) is 0 Å². The summed E-state index contributed by atoms with van der Waals surface area (Å²) in [5, 5.41) is 0. The quantitative estimate of drug-likeness (QED) is 0.0632. The Bertz CT molecular complexity index is 1560. The third-order valence-electron chi connectivity index (χ3n) is 9.00. The number of hydrogen-bond acceptors (Lipinski definition) is 4. The zero-order valence-electron chi connectivity index (χ0n) is 31.9. The highest BCUT2D eigenvalue weighted by atomic mass is 31.2. The predicted octanol–water partition coefficient (Wildman–Crippen LogP) is 12.4. The van der Waals surface area contributed by atoms with Crippen LogP contribution in [-0.4, -0.2) is 26.3 Å². The third kappa shape index (κ3) is 14.9. The summed E-state index contributed by atoms with van der Waals surface area (Å²) in [7, 11) is -3.36. The Labute approximate surface area is 305 Å². The van der Waals surface area contributed by atoms with Gasteiger partial charge < -0.3 is 13.9 Å². The SMILES string of the molecule is CCCCCCCCN(CCCCCCCC)c1ccc(C#Cc2cc(C)c(C#Cc3ccc(C)cc3)cc2CP(=O)(OCC)OCC)cc1. The van der Waals surface area contributed by atoms with Gasteiger partial charge in [-0.1, -0.05) is 119 Å². The van der Waals surface area contributed by atoms with Gasteiger partial charge in [-0.25, -0.2) is 0 Å². The molecule has 0 aromatic heterocycles. The molecule has 50 heavy (non-hydrogen) atoms. The molecule has 0 saturated heterocycles. The summed E-state index contributed by atoms with van der Waals surface area (Å²) in [5.41, 5.74) is 7.93. The van der Waals surface area contributed by atoms with E-state index in [1.165, 1.54) is 88.3 Å². The lowest BCUT2D eigenvalue weighted by Gasteiger charge is -2.25. The summed E-state index contributed by atoms with van der Waals surface area (Å²) in [4.78, 5) is 2.58. The maximum absolute atomic E-state index is 13.7. The van der Waals surface area contributed by atoms with Gasteiger partial charge >= 0.3 is 7.60 Å². The van der Waals surface area contributed by atoms with Gasteiger partial charge in [0.2, 0.25) is 0 Å². The molecule has 0 unspecified atom stereocenters. The van der Waals surface area contributed by atoms with Crippen molar-refractivity contribution in [1.82, 2.24) is 0 Å². The minimum Gasteiger partial charge on any atom is -0.372 e. The molecule has 0 aliphatic heterocycles. The summed E-state index contributed by atoms with van der Waals surface area (Å²) >= 11 is 0. The maximum atomic E-state index is 13.7. The first-order valence-electron chi connectivity index (χ1n) is 19.3. The fraction of sp³-hybridized carbons (Fsp3) is 0.511. The Hall–Kier alpha value is -3.27. The summed E-state index contributed by atoms with van der Waals surface area (Å²) in [6, 6.07) is 21.0. The molecule has 5 heteroatoms. The van der Waals surface area contributed by atoms with E-state index in [-0.39, 0.29) is 6.16 Å². The smallest absolute Gasteiger partial charge is 0.335 e. The number of hydrogen-bond donors (Lipinski definition) is 0. The molecule has 0 bridgehead atoms. The van der Waals surface area contributed by atoms with E-state index in [1.807, 2.05) is 32.0 Å². The largest absolute Gasteiger partial charge is 0.372 e. The number of anilines is 1. The van der Waals surface area contributed by atoms with Crippen LogP contribution in [0.2, 0.25) is 0 Å². The molecule has 3 aromatic carbocycles. The van der Waals surface area contributed by atoms with E-state index in [9.17, 15) is 4.57 Å². The molecule has 270 valence electrons. The fourth-order valence-electron chi connectivity index (χ4n) is 6.07. The number of rotatable bonds is 21. The van der Waals surface area contributed by atoms with Gasteiger partial charge in [0.25, 0.3) is 0 Å². The highest BCUT2D eigenvalue weighted by Gasteiger charge is 2.26. The second-order valence-electron chi connectivity index (χ2n) is 13.4. The van der Waals surface area contributed by atoms with Crippen LogP contribution in [0.15, 0.2) is 60.7 Å². The van der Waals surface area contributed by atoms with Crippen molar-refractivity contribution in [3.05, 3.63) is 99.6 Å². The number of unbranched alkanes of at least 4 members (excludes halogenated alkanes) is 10. The van der Waals surface area contributed by atoms with Crippen molar-refractivity contribution in [2.75, 3.05) is 31.2 Å². The van der Waals surface area contributed by atoms with Gasteiger partial charge in [-0.2, -0.15) is 0 Å². The Kier molecular flexibility index (Phi) is 19.1. The number of nitrogens with zero attached hydrogens (tertiary/aromatic N) is 1. The highest BCUT2D eigenvalue weighted by Crippen LogP contribution is 2.51. The third-order valence-corrected chi connectivity index (χ3v) is 11.0. The van der Waals surface area contributed by atoms with Crippen LogP contribution in [0.4, 0.5) is 5.69 Å². The highest BCUT2D eigenvalue weighted by molar-refractivity contribution is 7.53. The van der Waals surface area contributed by atoms with Gasteiger partial charge in [-0.3, -0.25) is 4.57 Å². The van der Waals surface area contributed by atoms with Gasteiger partial charge in [0.05, 0.1) is 19.4 Å². The molecule has 0 atom stereocenters. The minimum absolute atomic E-state index is 0.142. The lowest BCUT2D eigenvalue weighted by Crippen LogP contribution is -2.25. The van der Waals surface area contributed by atoms with E-state index in [2.05, 4.69) is 98.7 Å². The molecular weight excluding hydrogens is 633 g/mol. The van der Waals surface area contributed by atoms with Crippen LogP contribution in [-0.2, 0) is 19.8 Å². The first-order valence-corrected chi connectivity index (χ1v) is 21.0. The second kappa shape index (κ2) is 23.3.